The summed E-state index contributed by atoms with van der Waals surface area (Å²) in [6, 6.07) is 21.2. The third-order valence-electron chi connectivity index (χ3n) is 5.90. The molecular weight excluding hydrogens is 426 g/mol. The van der Waals surface area contributed by atoms with Gasteiger partial charge in [-0.05, 0) is 30.3 Å². The first-order valence-electron chi connectivity index (χ1n) is 10.3. The van der Waals surface area contributed by atoms with Crippen LogP contribution in [0, 0.1) is 16.0 Å². The van der Waals surface area contributed by atoms with Crippen LogP contribution in [0.1, 0.15) is 11.6 Å². The Morgan fingerprint density at radius 2 is 1.55 bits per heavy atom. The Morgan fingerprint density at radius 3 is 2.21 bits per heavy atom. The number of hydroxylamine groups is 1. The number of methoxy groups -OCH3 is 1. The maximum Gasteiger partial charge on any atom is 0.269 e. The zero-order chi connectivity index (χ0) is 23.1. The molecule has 2 saturated heterocycles. The number of ether oxygens (including phenoxy) is 1. The Hall–Kier alpha value is -4.24. The fourth-order valence-electron chi connectivity index (χ4n) is 4.42. The Labute approximate surface area is 188 Å². The van der Waals surface area contributed by atoms with E-state index in [1.165, 1.54) is 24.3 Å². The Morgan fingerprint density at radius 1 is 0.879 bits per heavy atom. The number of carbonyl (C=O) groups is 2. The van der Waals surface area contributed by atoms with E-state index in [0.717, 1.165) is 4.90 Å². The SMILES string of the molecule is COc1ccccc1[C@H]1[C@H]2C(=O)N(c3ccc([N+](=O)[O-])cc3)C(=O)[C@@H]2ON1c1ccccc1. The van der Waals surface area contributed by atoms with Gasteiger partial charge in [0.1, 0.15) is 11.7 Å². The van der Waals surface area contributed by atoms with E-state index in [0.29, 0.717) is 17.0 Å². The van der Waals surface area contributed by atoms with Crippen molar-refractivity contribution >= 4 is 28.9 Å². The van der Waals surface area contributed by atoms with Gasteiger partial charge < -0.3 is 4.74 Å². The molecule has 0 bridgehead atoms. The summed E-state index contributed by atoms with van der Waals surface area (Å²) < 4.78 is 5.54. The van der Waals surface area contributed by atoms with Crippen molar-refractivity contribution in [3.8, 4) is 5.75 Å². The zero-order valence-electron chi connectivity index (χ0n) is 17.5. The van der Waals surface area contributed by atoms with E-state index in [1.807, 2.05) is 48.5 Å². The van der Waals surface area contributed by atoms with Crippen LogP contribution >= 0.6 is 0 Å². The quantitative estimate of drug-likeness (QED) is 0.336. The summed E-state index contributed by atoms with van der Waals surface area (Å²) in [5.74, 6) is -1.21. The van der Waals surface area contributed by atoms with E-state index in [-0.39, 0.29) is 11.4 Å². The molecule has 0 saturated carbocycles. The lowest BCUT2D eigenvalue weighted by atomic mass is 9.90. The summed E-state index contributed by atoms with van der Waals surface area (Å²) >= 11 is 0. The largest absolute Gasteiger partial charge is 0.496 e. The minimum Gasteiger partial charge on any atom is -0.496 e. The van der Waals surface area contributed by atoms with Crippen molar-refractivity contribution in [1.29, 1.82) is 0 Å². The molecule has 0 aliphatic carbocycles. The number of anilines is 2. The molecule has 2 fully saturated rings. The summed E-state index contributed by atoms with van der Waals surface area (Å²) in [5, 5.41) is 12.6. The average molecular weight is 445 g/mol. The fraction of sp³-hybridized carbons (Fsp3) is 0.167. The first kappa shape index (κ1) is 20.7. The summed E-state index contributed by atoms with van der Waals surface area (Å²) in [6.45, 7) is 0. The maximum atomic E-state index is 13.6. The Balaban J connectivity index is 1.58. The Kier molecular flexibility index (Phi) is 5.02. The second-order valence-corrected chi connectivity index (χ2v) is 7.69. The first-order valence-corrected chi connectivity index (χ1v) is 10.3. The number of hydrogen-bond acceptors (Lipinski definition) is 7. The smallest absolute Gasteiger partial charge is 0.269 e. The number of nitrogens with zero attached hydrogens (tertiary/aromatic N) is 3. The first-order chi connectivity index (χ1) is 16.0. The van der Waals surface area contributed by atoms with Crippen molar-refractivity contribution in [3.05, 3.63) is 94.5 Å². The van der Waals surface area contributed by atoms with Crippen LogP contribution in [0.5, 0.6) is 5.75 Å². The molecule has 0 radical (unpaired) electrons. The minimum atomic E-state index is -1.04. The zero-order valence-corrected chi connectivity index (χ0v) is 17.5. The van der Waals surface area contributed by atoms with Crippen molar-refractivity contribution in [2.45, 2.75) is 12.1 Å². The third kappa shape index (κ3) is 3.30. The number of hydrogen-bond donors (Lipinski definition) is 0. The molecule has 0 unspecified atom stereocenters. The number of amides is 2. The Bertz CT molecular complexity index is 1230. The predicted molar refractivity (Wildman–Crippen MR) is 119 cm³/mol. The third-order valence-corrected chi connectivity index (χ3v) is 5.90. The van der Waals surface area contributed by atoms with Gasteiger partial charge in [-0.2, -0.15) is 0 Å². The van der Waals surface area contributed by atoms with Gasteiger partial charge in [0.25, 0.3) is 11.6 Å². The number of para-hydroxylation sites is 2. The molecule has 166 valence electrons. The molecule has 3 atom stereocenters. The molecule has 2 amide bonds. The lowest BCUT2D eigenvalue weighted by Crippen LogP contribution is -2.37. The normalized spacial score (nSPS) is 21.9. The van der Waals surface area contributed by atoms with Gasteiger partial charge in [0.05, 0.1) is 29.4 Å². The summed E-state index contributed by atoms with van der Waals surface area (Å²) in [7, 11) is 1.55. The van der Waals surface area contributed by atoms with E-state index in [9.17, 15) is 19.7 Å². The summed E-state index contributed by atoms with van der Waals surface area (Å²) in [4.78, 5) is 44.5. The number of imide groups is 1. The van der Waals surface area contributed by atoms with Crippen molar-refractivity contribution in [1.82, 2.24) is 0 Å². The molecule has 9 nitrogen and oxygen atoms in total. The van der Waals surface area contributed by atoms with Crippen LogP contribution in [0.3, 0.4) is 0 Å². The van der Waals surface area contributed by atoms with Gasteiger partial charge >= 0.3 is 0 Å². The van der Waals surface area contributed by atoms with E-state index in [2.05, 4.69) is 0 Å². The molecule has 2 heterocycles. The van der Waals surface area contributed by atoms with Gasteiger partial charge in [-0.25, -0.2) is 9.96 Å². The standard InChI is InChI=1S/C24H19N3O6/c1-32-19-10-6-5-9-18(19)21-20-22(33-26(21)16-7-3-2-4-8-16)24(29)25(23(20)28)15-11-13-17(14-12-15)27(30)31/h2-14,20-22H,1H3/t20-,21+,22-/m1/s1. The number of nitro benzene ring substituents is 1. The number of rotatable bonds is 5. The van der Waals surface area contributed by atoms with Gasteiger partial charge in [-0.1, -0.05) is 36.4 Å². The highest BCUT2D eigenvalue weighted by Crippen LogP contribution is 2.49. The lowest BCUT2D eigenvalue weighted by Gasteiger charge is -2.29. The maximum absolute atomic E-state index is 13.6. The van der Waals surface area contributed by atoms with Crippen LogP contribution in [-0.2, 0) is 14.4 Å². The van der Waals surface area contributed by atoms with E-state index >= 15 is 0 Å². The second-order valence-electron chi connectivity index (χ2n) is 7.69. The summed E-state index contributed by atoms with van der Waals surface area (Å²) in [6.07, 6.45) is -1.04. The second kappa shape index (κ2) is 8.03. The average Bonchev–Trinajstić information content (AvgIpc) is 3.35. The number of carbonyl (C=O) groups excluding carboxylic acids is 2. The number of non-ortho nitro benzene ring substituents is 1. The molecule has 2 aliphatic rings. The number of fused-ring (bicyclic) bond motifs is 1. The highest BCUT2D eigenvalue weighted by Gasteiger charge is 2.60. The minimum absolute atomic E-state index is 0.128. The molecular formula is C24H19N3O6. The molecule has 2 aliphatic heterocycles. The van der Waals surface area contributed by atoms with E-state index in [4.69, 9.17) is 9.57 Å². The fourth-order valence-corrected chi connectivity index (χ4v) is 4.42. The molecule has 33 heavy (non-hydrogen) atoms. The van der Waals surface area contributed by atoms with Gasteiger partial charge in [-0.15, -0.1) is 0 Å². The lowest BCUT2D eigenvalue weighted by molar-refractivity contribution is -0.384. The van der Waals surface area contributed by atoms with Gasteiger partial charge in [0.15, 0.2) is 6.10 Å². The van der Waals surface area contributed by atoms with Crippen LogP contribution in [0.4, 0.5) is 17.1 Å². The van der Waals surface area contributed by atoms with Crippen molar-refractivity contribution < 1.29 is 24.1 Å². The molecule has 3 aromatic carbocycles. The number of benzene rings is 3. The molecule has 5 rings (SSSR count). The van der Waals surface area contributed by atoms with Crippen molar-refractivity contribution in [2.75, 3.05) is 17.1 Å². The van der Waals surface area contributed by atoms with Crippen LogP contribution in [0.2, 0.25) is 0 Å². The van der Waals surface area contributed by atoms with E-state index < -0.39 is 34.8 Å². The van der Waals surface area contributed by atoms with Crippen molar-refractivity contribution in [3.63, 3.8) is 0 Å². The monoisotopic (exact) mass is 445 g/mol. The van der Waals surface area contributed by atoms with Crippen LogP contribution in [0.15, 0.2) is 78.9 Å². The van der Waals surface area contributed by atoms with Gasteiger partial charge in [0, 0.05) is 17.7 Å². The molecule has 0 N–H and O–H groups in total. The van der Waals surface area contributed by atoms with Crippen LogP contribution in [0.25, 0.3) is 0 Å². The summed E-state index contributed by atoms with van der Waals surface area (Å²) in [5.41, 5.74) is 1.54. The van der Waals surface area contributed by atoms with Gasteiger partial charge in [-0.3, -0.25) is 24.5 Å². The van der Waals surface area contributed by atoms with Gasteiger partial charge in [0.2, 0.25) is 5.91 Å². The molecule has 3 aromatic rings. The van der Waals surface area contributed by atoms with E-state index in [1.54, 1.807) is 18.2 Å². The predicted octanol–water partition coefficient (Wildman–Crippen LogP) is 3.65. The molecule has 0 spiro atoms. The van der Waals surface area contributed by atoms with Crippen LogP contribution in [-0.4, -0.2) is 30.0 Å². The highest BCUT2D eigenvalue weighted by atomic mass is 16.7. The van der Waals surface area contributed by atoms with Crippen molar-refractivity contribution in [2.24, 2.45) is 5.92 Å². The molecule has 9 heteroatoms. The van der Waals surface area contributed by atoms with Crippen LogP contribution < -0.4 is 14.7 Å². The molecule has 0 aromatic heterocycles. The number of nitro groups is 1. The highest BCUT2D eigenvalue weighted by molar-refractivity contribution is 6.24. The topological polar surface area (TPSA) is 102 Å².